The van der Waals surface area contributed by atoms with Gasteiger partial charge in [-0.3, -0.25) is 0 Å². The molecule has 0 radical (unpaired) electrons. The lowest BCUT2D eigenvalue weighted by atomic mass is 10.4. The minimum atomic E-state index is 0.940. The lowest BCUT2D eigenvalue weighted by Crippen LogP contribution is -2.27. The lowest BCUT2D eigenvalue weighted by Gasteiger charge is -2.00. The molecular weight excluding hydrogens is 146 g/mol. The van der Waals surface area contributed by atoms with Crippen molar-refractivity contribution >= 4 is 12.7 Å². The molecule has 12 heavy (non-hydrogen) atoms. The fraction of sp³-hybridized carbons (Fsp3) is 0.455. The zero-order valence-corrected chi connectivity index (χ0v) is 7.59. The van der Waals surface area contributed by atoms with Gasteiger partial charge in [0.05, 0.1) is 0 Å². The summed E-state index contributed by atoms with van der Waals surface area (Å²) in [4.78, 5) is 0. The Kier molecular flexibility index (Phi) is 1.80. The van der Waals surface area contributed by atoms with E-state index in [1.807, 2.05) is 0 Å². The van der Waals surface area contributed by atoms with Gasteiger partial charge in [-0.15, -0.1) is 0 Å². The molecule has 0 aliphatic heterocycles. The zero-order chi connectivity index (χ0) is 8.55. The van der Waals surface area contributed by atoms with Crippen molar-refractivity contribution < 1.29 is 0 Å². The molecule has 0 aromatic carbocycles. The van der Waals surface area contributed by atoms with Gasteiger partial charge in [0.25, 0.3) is 0 Å². The van der Waals surface area contributed by atoms with Crippen LogP contribution >= 0.6 is 0 Å². The summed E-state index contributed by atoms with van der Waals surface area (Å²) in [6, 6.07) is 2.09. The maximum atomic E-state index is 3.99. The average molecular weight is 161 g/mol. The highest BCUT2D eigenvalue weighted by Crippen LogP contribution is 2.29. The van der Waals surface area contributed by atoms with Crippen LogP contribution < -0.4 is 10.6 Å². The van der Waals surface area contributed by atoms with E-state index in [-0.39, 0.29) is 0 Å². The molecular formula is C11H15N. The zero-order valence-electron chi connectivity index (χ0n) is 7.59. The molecule has 1 heterocycles. The van der Waals surface area contributed by atoms with Crippen molar-refractivity contribution in [3.8, 4) is 0 Å². The number of aromatic nitrogens is 1. The van der Waals surface area contributed by atoms with Crippen LogP contribution in [0.25, 0.3) is 12.7 Å². The minimum absolute atomic E-state index is 0.940. The van der Waals surface area contributed by atoms with Crippen molar-refractivity contribution in [2.24, 2.45) is 5.92 Å². The summed E-state index contributed by atoms with van der Waals surface area (Å²) in [6.45, 7) is 7.25. The summed E-state index contributed by atoms with van der Waals surface area (Å²) in [5.41, 5.74) is 0. The van der Waals surface area contributed by atoms with E-state index in [1.54, 1.807) is 0 Å². The molecule has 0 bridgehead atoms. The Bertz CT molecular complexity index is 368. The third kappa shape index (κ3) is 1.31. The molecule has 1 aromatic rings. The fourth-order valence-corrected chi connectivity index (χ4v) is 1.62. The predicted molar refractivity (Wildman–Crippen MR) is 52.1 cm³/mol. The van der Waals surface area contributed by atoms with Crippen molar-refractivity contribution in [3.63, 3.8) is 0 Å². The SMILES string of the molecule is C=c1ccn(CC2CC2)/c1=C/C. The number of hydrogen-bond acceptors (Lipinski definition) is 0. The van der Waals surface area contributed by atoms with E-state index in [0.717, 1.165) is 11.1 Å². The monoisotopic (exact) mass is 161 g/mol. The first-order valence-electron chi connectivity index (χ1n) is 4.61. The third-order valence-electron chi connectivity index (χ3n) is 2.52. The van der Waals surface area contributed by atoms with Gasteiger partial charge >= 0.3 is 0 Å². The van der Waals surface area contributed by atoms with Crippen LogP contribution in [0, 0.1) is 5.92 Å². The van der Waals surface area contributed by atoms with E-state index >= 15 is 0 Å². The van der Waals surface area contributed by atoms with Gasteiger partial charge in [-0.05, 0) is 37.0 Å². The predicted octanol–water partition coefficient (Wildman–Crippen LogP) is 1.11. The number of hydrogen-bond donors (Lipinski definition) is 0. The largest absolute Gasteiger partial charge is 0.347 e. The molecule has 0 unspecified atom stereocenters. The Morgan fingerprint density at radius 3 is 3.00 bits per heavy atom. The third-order valence-corrected chi connectivity index (χ3v) is 2.52. The van der Waals surface area contributed by atoms with Crippen molar-refractivity contribution in [3.05, 3.63) is 22.8 Å². The molecule has 0 amide bonds. The Morgan fingerprint density at radius 2 is 2.42 bits per heavy atom. The van der Waals surface area contributed by atoms with Crippen LogP contribution in [0.2, 0.25) is 0 Å². The van der Waals surface area contributed by atoms with Gasteiger partial charge in [0.2, 0.25) is 0 Å². The Labute approximate surface area is 73.0 Å². The van der Waals surface area contributed by atoms with Gasteiger partial charge in [-0.25, -0.2) is 0 Å². The van der Waals surface area contributed by atoms with E-state index in [0.29, 0.717) is 0 Å². The molecule has 1 aliphatic carbocycles. The summed E-state index contributed by atoms with van der Waals surface area (Å²) >= 11 is 0. The van der Waals surface area contributed by atoms with Crippen LogP contribution in [-0.4, -0.2) is 4.57 Å². The van der Waals surface area contributed by atoms with E-state index < -0.39 is 0 Å². The first kappa shape index (κ1) is 7.66. The van der Waals surface area contributed by atoms with Gasteiger partial charge in [-0.1, -0.05) is 12.7 Å². The van der Waals surface area contributed by atoms with Gasteiger partial charge < -0.3 is 4.57 Å². The number of nitrogens with zero attached hydrogens (tertiary/aromatic N) is 1. The van der Waals surface area contributed by atoms with E-state index in [2.05, 4.69) is 36.4 Å². The van der Waals surface area contributed by atoms with Crippen molar-refractivity contribution in [1.29, 1.82) is 0 Å². The first-order valence-corrected chi connectivity index (χ1v) is 4.61. The van der Waals surface area contributed by atoms with Crippen LogP contribution in [0.3, 0.4) is 0 Å². The highest BCUT2D eigenvalue weighted by atomic mass is 15.0. The minimum Gasteiger partial charge on any atom is -0.347 e. The molecule has 2 rings (SSSR count). The number of rotatable bonds is 2. The first-order chi connectivity index (χ1) is 5.81. The van der Waals surface area contributed by atoms with E-state index in [1.165, 1.54) is 24.7 Å². The van der Waals surface area contributed by atoms with Crippen LogP contribution in [-0.2, 0) is 6.54 Å². The summed E-state index contributed by atoms with van der Waals surface area (Å²) in [5, 5.41) is 2.44. The Balaban J connectivity index is 2.35. The molecule has 1 saturated carbocycles. The average Bonchev–Trinajstić information content (AvgIpc) is 2.78. The van der Waals surface area contributed by atoms with E-state index in [4.69, 9.17) is 0 Å². The van der Waals surface area contributed by atoms with Crippen LogP contribution in [0.1, 0.15) is 19.8 Å². The molecule has 1 heteroatoms. The molecule has 1 aliphatic rings. The second-order valence-corrected chi connectivity index (χ2v) is 3.61. The smallest absolute Gasteiger partial charge is 0.0431 e. The Morgan fingerprint density at radius 1 is 1.67 bits per heavy atom. The standard InChI is InChI=1S/C11H15N/c1-3-11-9(2)6-7-12(11)8-10-4-5-10/h3,6-7,10H,2,4-5,8H2,1H3/b11-3+. The van der Waals surface area contributed by atoms with Gasteiger partial charge in [0, 0.05) is 18.1 Å². The second-order valence-electron chi connectivity index (χ2n) is 3.61. The van der Waals surface area contributed by atoms with Crippen LogP contribution in [0.5, 0.6) is 0 Å². The van der Waals surface area contributed by atoms with Crippen LogP contribution in [0.15, 0.2) is 12.3 Å². The summed E-state index contributed by atoms with van der Waals surface area (Å²) in [6.07, 6.45) is 7.11. The van der Waals surface area contributed by atoms with Crippen molar-refractivity contribution in [2.75, 3.05) is 0 Å². The topological polar surface area (TPSA) is 4.93 Å². The quantitative estimate of drug-likeness (QED) is 0.612. The highest BCUT2D eigenvalue weighted by molar-refractivity contribution is 5.20. The fourth-order valence-electron chi connectivity index (χ4n) is 1.62. The summed E-state index contributed by atoms with van der Waals surface area (Å²) in [7, 11) is 0. The molecule has 0 saturated heterocycles. The molecule has 0 spiro atoms. The highest BCUT2D eigenvalue weighted by Gasteiger charge is 2.21. The molecule has 1 aromatic heterocycles. The van der Waals surface area contributed by atoms with Crippen molar-refractivity contribution in [1.82, 2.24) is 4.57 Å². The Hall–Kier alpha value is -0.980. The molecule has 1 fully saturated rings. The maximum absolute atomic E-state index is 3.99. The maximum Gasteiger partial charge on any atom is 0.0431 e. The van der Waals surface area contributed by atoms with Crippen LogP contribution in [0.4, 0.5) is 0 Å². The van der Waals surface area contributed by atoms with Gasteiger partial charge in [0.15, 0.2) is 0 Å². The molecule has 0 atom stereocenters. The molecule has 0 N–H and O–H groups in total. The summed E-state index contributed by atoms with van der Waals surface area (Å²) in [5.74, 6) is 0.940. The molecule has 1 nitrogen and oxygen atoms in total. The normalized spacial score (nSPS) is 18.6. The van der Waals surface area contributed by atoms with Gasteiger partial charge in [0.1, 0.15) is 0 Å². The van der Waals surface area contributed by atoms with Gasteiger partial charge in [-0.2, -0.15) is 0 Å². The second kappa shape index (κ2) is 2.81. The molecule has 64 valence electrons. The lowest BCUT2D eigenvalue weighted by molar-refractivity contribution is 0.616. The van der Waals surface area contributed by atoms with Crippen molar-refractivity contribution in [2.45, 2.75) is 26.3 Å². The summed E-state index contributed by atoms with van der Waals surface area (Å²) < 4.78 is 2.32. The van der Waals surface area contributed by atoms with E-state index in [9.17, 15) is 0 Å².